The van der Waals surface area contributed by atoms with Gasteiger partial charge in [0, 0.05) is 5.02 Å². The minimum Gasteiger partial charge on any atom is -0.494 e. The van der Waals surface area contributed by atoms with Crippen LogP contribution in [0.2, 0.25) is 5.02 Å². The summed E-state index contributed by atoms with van der Waals surface area (Å²) in [7, 11) is 1.60. The van der Waals surface area contributed by atoms with Gasteiger partial charge in [-0.25, -0.2) is 0 Å². The van der Waals surface area contributed by atoms with Crippen molar-refractivity contribution in [2.75, 3.05) is 13.7 Å². The summed E-state index contributed by atoms with van der Waals surface area (Å²) in [6, 6.07) is 5.32. The SMILES string of the molecule is CCNCc1nnnn1-c1cc(Cl)ccc1OC. The van der Waals surface area contributed by atoms with E-state index in [2.05, 4.69) is 20.8 Å². The lowest BCUT2D eigenvalue weighted by molar-refractivity contribution is 0.410. The molecule has 2 rings (SSSR count). The van der Waals surface area contributed by atoms with Crippen LogP contribution in [0.25, 0.3) is 5.69 Å². The van der Waals surface area contributed by atoms with Crippen molar-refractivity contribution in [3.8, 4) is 11.4 Å². The molecule has 0 atom stereocenters. The summed E-state index contributed by atoms with van der Waals surface area (Å²) in [5, 5.41) is 15.4. The molecule has 0 aliphatic rings. The first-order valence-electron chi connectivity index (χ1n) is 5.58. The lowest BCUT2D eigenvalue weighted by Crippen LogP contribution is -2.16. The fraction of sp³-hybridized carbons (Fsp3) is 0.364. The van der Waals surface area contributed by atoms with Crippen molar-refractivity contribution < 1.29 is 4.74 Å². The molecule has 96 valence electrons. The second-order valence-corrected chi connectivity index (χ2v) is 4.04. The van der Waals surface area contributed by atoms with Crippen LogP contribution in [0, 0.1) is 0 Å². The number of ether oxygens (including phenoxy) is 1. The Hall–Kier alpha value is -1.66. The molecule has 1 heterocycles. The molecule has 0 radical (unpaired) electrons. The smallest absolute Gasteiger partial charge is 0.170 e. The number of methoxy groups -OCH3 is 1. The van der Waals surface area contributed by atoms with Crippen LogP contribution >= 0.6 is 11.6 Å². The Morgan fingerprint density at radius 3 is 3.00 bits per heavy atom. The first-order chi connectivity index (χ1) is 8.76. The summed E-state index contributed by atoms with van der Waals surface area (Å²) in [6.45, 7) is 3.45. The van der Waals surface area contributed by atoms with Gasteiger partial charge < -0.3 is 10.1 Å². The maximum atomic E-state index is 5.99. The second kappa shape index (κ2) is 5.79. The normalized spacial score (nSPS) is 10.6. The Kier molecular flexibility index (Phi) is 4.11. The third-order valence-electron chi connectivity index (χ3n) is 2.44. The van der Waals surface area contributed by atoms with E-state index in [1.807, 2.05) is 6.92 Å². The van der Waals surface area contributed by atoms with Gasteiger partial charge in [-0.15, -0.1) is 5.10 Å². The van der Waals surface area contributed by atoms with Crippen LogP contribution in [0.3, 0.4) is 0 Å². The average Bonchev–Trinajstić information content (AvgIpc) is 2.84. The number of hydrogen-bond donors (Lipinski definition) is 1. The second-order valence-electron chi connectivity index (χ2n) is 3.60. The van der Waals surface area contributed by atoms with Crippen molar-refractivity contribution in [3.63, 3.8) is 0 Å². The van der Waals surface area contributed by atoms with Gasteiger partial charge in [0.15, 0.2) is 5.82 Å². The van der Waals surface area contributed by atoms with Gasteiger partial charge in [0.1, 0.15) is 11.4 Å². The van der Waals surface area contributed by atoms with E-state index in [-0.39, 0.29) is 0 Å². The van der Waals surface area contributed by atoms with Gasteiger partial charge in [0.25, 0.3) is 0 Å². The molecule has 0 aliphatic carbocycles. The standard InChI is InChI=1S/C11H14ClN5O/c1-3-13-7-11-14-15-16-17(11)9-6-8(12)4-5-10(9)18-2/h4-6,13H,3,7H2,1-2H3. The van der Waals surface area contributed by atoms with Crippen LogP contribution in [-0.4, -0.2) is 33.9 Å². The molecule has 0 amide bonds. The zero-order chi connectivity index (χ0) is 13.0. The molecule has 0 fully saturated rings. The van der Waals surface area contributed by atoms with E-state index in [1.54, 1.807) is 30.0 Å². The predicted octanol–water partition coefficient (Wildman–Crippen LogP) is 1.43. The number of aromatic nitrogens is 4. The molecule has 0 saturated carbocycles. The summed E-state index contributed by atoms with van der Waals surface area (Å²) < 4.78 is 6.91. The summed E-state index contributed by atoms with van der Waals surface area (Å²) >= 11 is 5.99. The summed E-state index contributed by atoms with van der Waals surface area (Å²) in [5.74, 6) is 1.38. The molecule has 0 saturated heterocycles. The van der Waals surface area contributed by atoms with Gasteiger partial charge in [0.2, 0.25) is 0 Å². The van der Waals surface area contributed by atoms with Gasteiger partial charge in [-0.1, -0.05) is 18.5 Å². The van der Waals surface area contributed by atoms with Crippen LogP contribution in [-0.2, 0) is 6.54 Å². The number of tetrazole rings is 1. The Morgan fingerprint density at radius 2 is 2.28 bits per heavy atom. The number of rotatable bonds is 5. The van der Waals surface area contributed by atoms with Gasteiger partial charge in [-0.05, 0) is 35.2 Å². The van der Waals surface area contributed by atoms with Crippen LogP contribution in [0.5, 0.6) is 5.75 Å². The van der Waals surface area contributed by atoms with E-state index in [9.17, 15) is 0 Å². The van der Waals surface area contributed by atoms with Crippen molar-refractivity contribution in [2.24, 2.45) is 0 Å². The lowest BCUT2D eigenvalue weighted by Gasteiger charge is -2.10. The molecular formula is C11H14ClN5O. The Bertz CT molecular complexity index is 528. The van der Waals surface area contributed by atoms with Crippen molar-refractivity contribution in [1.29, 1.82) is 0 Å². The highest BCUT2D eigenvalue weighted by atomic mass is 35.5. The molecule has 1 N–H and O–H groups in total. The molecule has 0 aliphatic heterocycles. The van der Waals surface area contributed by atoms with Crippen LogP contribution in [0.4, 0.5) is 0 Å². The van der Waals surface area contributed by atoms with E-state index >= 15 is 0 Å². The predicted molar refractivity (Wildman–Crippen MR) is 68.1 cm³/mol. The zero-order valence-electron chi connectivity index (χ0n) is 10.2. The van der Waals surface area contributed by atoms with E-state index in [0.29, 0.717) is 23.1 Å². The molecule has 0 spiro atoms. The van der Waals surface area contributed by atoms with Crippen molar-refractivity contribution in [2.45, 2.75) is 13.5 Å². The molecule has 6 nitrogen and oxygen atoms in total. The number of halogens is 1. The average molecular weight is 268 g/mol. The highest BCUT2D eigenvalue weighted by Gasteiger charge is 2.12. The highest BCUT2D eigenvalue weighted by molar-refractivity contribution is 6.30. The van der Waals surface area contributed by atoms with E-state index in [0.717, 1.165) is 12.2 Å². The minimum atomic E-state index is 0.583. The quantitative estimate of drug-likeness (QED) is 0.888. The van der Waals surface area contributed by atoms with E-state index in [4.69, 9.17) is 16.3 Å². The topological polar surface area (TPSA) is 64.9 Å². The molecule has 0 bridgehead atoms. The Morgan fingerprint density at radius 1 is 1.44 bits per heavy atom. The maximum Gasteiger partial charge on any atom is 0.170 e. The first-order valence-corrected chi connectivity index (χ1v) is 5.96. The first kappa shape index (κ1) is 12.8. The van der Waals surface area contributed by atoms with Crippen molar-refractivity contribution in [3.05, 3.63) is 29.0 Å². The summed E-state index contributed by atoms with van der Waals surface area (Å²) in [6.07, 6.45) is 0. The van der Waals surface area contributed by atoms with Crippen molar-refractivity contribution in [1.82, 2.24) is 25.5 Å². The van der Waals surface area contributed by atoms with E-state index in [1.165, 1.54) is 0 Å². The number of hydrogen-bond acceptors (Lipinski definition) is 5. The number of nitrogens with zero attached hydrogens (tertiary/aromatic N) is 4. The molecule has 1 aromatic heterocycles. The summed E-state index contributed by atoms with van der Waals surface area (Å²) in [5.41, 5.74) is 0.725. The third-order valence-corrected chi connectivity index (χ3v) is 2.67. The van der Waals surface area contributed by atoms with Gasteiger partial charge in [-0.2, -0.15) is 4.68 Å². The van der Waals surface area contributed by atoms with Crippen LogP contribution in [0.15, 0.2) is 18.2 Å². The lowest BCUT2D eigenvalue weighted by atomic mass is 10.3. The van der Waals surface area contributed by atoms with Crippen molar-refractivity contribution >= 4 is 11.6 Å². The van der Waals surface area contributed by atoms with Gasteiger partial charge in [-0.3, -0.25) is 0 Å². The maximum absolute atomic E-state index is 5.99. The molecule has 2 aromatic rings. The van der Waals surface area contributed by atoms with Crippen LogP contribution in [0.1, 0.15) is 12.7 Å². The number of benzene rings is 1. The number of nitrogens with one attached hydrogen (secondary N) is 1. The Labute approximate surface area is 110 Å². The molecule has 0 unspecified atom stereocenters. The zero-order valence-corrected chi connectivity index (χ0v) is 11.0. The fourth-order valence-corrected chi connectivity index (χ4v) is 1.73. The highest BCUT2D eigenvalue weighted by Crippen LogP contribution is 2.26. The minimum absolute atomic E-state index is 0.583. The van der Waals surface area contributed by atoms with E-state index < -0.39 is 0 Å². The Balaban J connectivity index is 2.41. The molecule has 7 heteroatoms. The van der Waals surface area contributed by atoms with Gasteiger partial charge in [0.05, 0.1) is 13.7 Å². The van der Waals surface area contributed by atoms with Crippen LogP contribution < -0.4 is 10.1 Å². The monoisotopic (exact) mass is 267 g/mol. The molecule has 1 aromatic carbocycles. The molecular weight excluding hydrogens is 254 g/mol. The largest absolute Gasteiger partial charge is 0.494 e. The van der Waals surface area contributed by atoms with Gasteiger partial charge >= 0.3 is 0 Å². The third kappa shape index (κ3) is 2.60. The molecule has 18 heavy (non-hydrogen) atoms. The summed E-state index contributed by atoms with van der Waals surface area (Å²) in [4.78, 5) is 0. The fourth-order valence-electron chi connectivity index (χ4n) is 1.57.